The smallest absolute Gasteiger partial charge is 0.0976 e. The fourth-order valence-corrected chi connectivity index (χ4v) is 2.80. The fourth-order valence-electron chi connectivity index (χ4n) is 2.80. The molecule has 0 aromatic rings. The number of aliphatic hydroxyl groups excluding tert-OH is 3. The molecule has 4 nitrogen and oxygen atoms in total. The van der Waals surface area contributed by atoms with Crippen LogP contribution in [0.25, 0.3) is 0 Å². The summed E-state index contributed by atoms with van der Waals surface area (Å²) in [6, 6.07) is 0.100. The Labute approximate surface area is 84.2 Å². The van der Waals surface area contributed by atoms with Gasteiger partial charge in [-0.15, -0.1) is 0 Å². The van der Waals surface area contributed by atoms with Crippen molar-refractivity contribution in [1.82, 2.24) is 4.90 Å². The summed E-state index contributed by atoms with van der Waals surface area (Å²) in [5.74, 6) is 0. The maximum Gasteiger partial charge on any atom is 0.0976 e. The van der Waals surface area contributed by atoms with Crippen LogP contribution in [0.15, 0.2) is 0 Å². The lowest BCUT2D eigenvalue weighted by molar-refractivity contribution is -0.120. The van der Waals surface area contributed by atoms with Gasteiger partial charge in [-0.25, -0.2) is 0 Å². The van der Waals surface area contributed by atoms with E-state index >= 15 is 0 Å². The van der Waals surface area contributed by atoms with Crippen LogP contribution >= 0.6 is 0 Å². The maximum absolute atomic E-state index is 9.72. The second-order valence-electron chi connectivity index (χ2n) is 4.43. The molecule has 4 atom stereocenters. The van der Waals surface area contributed by atoms with Gasteiger partial charge in [0, 0.05) is 6.04 Å². The normalized spacial score (nSPS) is 44.8. The van der Waals surface area contributed by atoms with E-state index in [1.807, 2.05) is 0 Å². The van der Waals surface area contributed by atoms with Crippen LogP contribution in [0.1, 0.15) is 25.7 Å². The van der Waals surface area contributed by atoms with Crippen LogP contribution in [-0.4, -0.2) is 57.7 Å². The van der Waals surface area contributed by atoms with E-state index in [-0.39, 0.29) is 12.6 Å². The maximum atomic E-state index is 9.72. The molecule has 2 aliphatic heterocycles. The average Bonchev–Trinajstić information content (AvgIpc) is 2.20. The number of nitrogens with zero attached hydrogens (tertiary/aromatic N) is 1. The van der Waals surface area contributed by atoms with Gasteiger partial charge >= 0.3 is 0 Å². The van der Waals surface area contributed by atoms with Crippen molar-refractivity contribution in [3.05, 3.63) is 0 Å². The van der Waals surface area contributed by atoms with Crippen molar-refractivity contribution < 1.29 is 15.3 Å². The van der Waals surface area contributed by atoms with Crippen LogP contribution in [0, 0.1) is 0 Å². The Morgan fingerprint density at radius 2 is 2.00 bits per heavy atom. The van der Waals surface area contributed by atoms with Gasteiger partial charge < -0.3 is 15.3 Å². The Morgan fingerprint density at radius 3 is 2.71 bits per heavy atom. The summed E-state index contributed by atoms with van der Waals surface area (Å²) in [5.41, 5.74) is 0. The first-order valence-corrected chi connectivity index (χ1v) is 5.46. The van der Waals surface area contributed by atoms with Crippen molar-refractivity contribution in [2.24, 2.45) is 0 Å². The van der Waals surface area contributed by atoms with Gasteiger partial charge in [0.15, 0.2) is 0 Å². The van der Waals surface area contributed by atoms with Crippen LogP contribution in [0.4, 0.5) is 0 Å². The quantitative estimate of drug-likeness (QED) is 0.526. The van der Waals surface area contributed by atoms with Gasteiger partial charge in [0.2, 0.25) is 0 Å². The Morgan fingerprint density at radius 1 is 1.21 bits per heavy atom. The van der Waals surface area contributed by atoms with Crippen molar-refractivity contribution in [2.45, 2.75) is 50.0 Å². The Balaban J connectivity index is 2.10. The standard InChI is InChI=1S/C10H19NO3/c12-6-8-10(14)9(13)5-7-3-1-2-4-11(7)8/h7-10,12-14H,1-6H2/t7-,8+,9-,10+/m1/s1. The number of piperidine rings is 2. The monoisotopic (exact) mass is 201 g/mol. The van der Waals surface area contributed by atoms with Crippen molar-refractivity contribution in [3.8, 4) is 0 Å². The van der Waals surface area contributed by atoms with E-state index in [1.165, 1.54) is 6.42 Å². The minimum atomic E-state index is -0.783. The molecule has 0 spiro atoms. The van der Waals surface area contributed by atoms with E-state index in [1.54, 1.807) is 0 Å². The van der Waals surface area contributed by atoms with Crippen LogP contribution in [0.5, 0.6) is 0 Å². The molecule has 2 rings (SSSR count). The number of fused-ring (bicyclic) bond motifs is 1. The third-order valence-corrected chi connectivity index (χ3v) is 3.59. The van der Waals surface area contributed by atoms with E-state index in [0.29, 0.717) is 12.5 Å². The first-order chi connectivity index (χ1) is 6.74. The molecular formula is C10H19NO3. The van der Waals surface area contributed by atoms with Crippen molar-refractivity contribution in [2.75, 3.05) is 13.2 Å². The molecule has 2 aliphatic rings. The number of hydrogen-bond acceptors (Lipinski definition) is 4. The van der Waals surface area contributed by atoms with E-state index in [0.717, 1.165) is 19.4 Å². The van der Waals surface area contributed by atoms with Gasteiger partial charge in [0.25, 0.3) is 0 Å². The molecule has 0 aromatic carbocycles. The summed E-state index contributed by atoms with van der Waals surface area (Å²) < 4.78 is 0. The third kappa shape index (κ3) is 1.67. The summed E-state index contributed by atoms with van der Waals surface area (Å²) in [7, 11) is 0. The first-order valence-electron chi connectivity index (χ1n) is 5.46. The lowest BCUT2D eigenvalue weighted by Gasteiger charge is -2.48. The van der Waals surface area contributed by atoms with Crippen molar-refractivity contribution >= 4 is 0 Å². The van der Waals surface area contributed by atoms with Gasteiger partial charge in [-0.05, 0) is 25.8 Å². The van der Waals surface area contributed by atoms with Crippen LogP contribution < -0.4 is 0 Å². The molecule has 3 N–H and O–H groups in total. The molecular weight excluding hydrogens is 182 g/mol. The number of hydrogen-bond donors (Lipinski definition) is 3. The minimum Gasteiger partial charge on any atom is -0.395 e. The first kappa shape index (κ1) is 10.4. The van der Waals surface area contributed by atoms with Crippen molar-refractivity contribution in [1.29, 1.82) is 0 Å². The Hall–Kier alpha value is -0.160. The van der Waals surface area contributed by atoms with Gasteiger partial charge in [0.05, 0.1) is 24.9 Å². The third-order valence-electron chi connectivity index (χ3n) is 3.59. The zero-order chi connectivity index (χ0) is 10.1. The van der Waals surface area contributed by atoms with E-state index in [2.05, 4.69) is 4.90 Å². The number of aliphatic hydroxyl groups is 3. The highest BCUT2D eigenvalue weighted by molar-refractivity contribution is 4.96. The molecule has 2 saturated heterocycles. The molecule has 14 heavy (non-hydrogen) atoms. The molecule has 0 unspecified atom stereocenters. The lowest BCUT2D eigenvalue weighted by Crippen LogP contribution is -2.61. The van der Waals surface area contributed by atoms with Crippen molar-refractivity contribution in [3.63, 3.8) is 0 Å². The van der Waals surface area contributed by atoms with Gasteiger partial charge in [-0.3, -0.25) is 4.90 Å². The highest BCUT2D eigenvalue weighted by atomic mass is 16.3. The predicted molar refractivity (Wildman–Crippen MR) is 51.8 cm³/mol. The second-order valence-corrected chi connectivity index (χ2v) is 4.43. The largest absolute Gasteiger partial charge is 0.395 e. The molecule has 0 amide bonds. The molecule has 82 valence electrons. The predicted octanol–water partition coefficient (Wildman–Crippen LogP) is -0.673. The topological polar surface area (TPSA) is 63.9 Å². The summed E-state index contributed by atoms with van der Waals surface area (Å²) in [6.45, 7) is 0.883. The molecule has 0 aromatic heterocycles. The van der Waals surface area contributed by atoms with Crippen LogP contribution in [-0.2, 0) is 0 Å². The number of rotatable bonds is 1. The molecule has 0 radical (unpaired) electrons. The SMILES string of the molecule is OC[C@H]1[C@H](O)[C@H](O)C[C@H]2CCCCN21. The van der Waals surface area contributed by atoms with Gasteiger partial charge in [0.1, 0.15) is 0 Å². The van der Waals surface area contributed by atoms with Gasteiger partial charge in [-0.2, -0.15) is 0 Å². The summed E-state index contributed by atoms with van der Waals surface area (Å²) >= 11 is 0. The lowest BCUT2D eigenvalue weighted by atomic mass is 9.85. The molecule has 2 fully saturated rings. The van der Waals surface area contributed by atoms with Crippen LogP contribution in [0.2, 0.25) is 0 Å². The van der Waals surface area contributed by atoms with E-state index < -0.39 is 12.2 Å². The molecule has 0 bridgehead atoms. The highest BCUT2D eigenvalue weighted by Crippen LogP contribution is 2.30. The second kappa shape index (κ2) is 4.14. The molecule has 0 aliphatic carbocycles. The molecule has 0 saturated carbocycles. The minimum absolute atomic E-state index is 0.0608. The zero-order valence-corrected chi connectivity index (χ0v) is 8.34. The molecule has 2 heterocycles. The summed E-state index contributed by atoms with van der Waals surface area (Å²) in [6.07, 6.45) is 2.62. The fraction of sp³-hybridized carbons (Fsp3) is 1.00. The summed E-state index contributed by atoms with van der Waals surface area (Å²) in [5, 5.41) is 28.6. The Bertz CT molecular complexity index is 200. The van der Waals surface area contributed by atoms with Crippen LogP contribution in [0.3, 0.4) is 0 Å². The molecule has 4 heteroatoms. The highest BCUT2D eigenvalue weighted by Gasteiger charge is 2.41. The zero-order valence-electron chi connectivity index (χ0n) is 8.34. The van der Waals surface area contributed by atoms with Gasteiger partial charge in [-0.1, -0.05) is 6.42 Å². The van der Waals surface area contributed by atoms with E-state index in [4.69, 9.17) is 0 Å². The summed E-state index contributed by atoms with van der Waals surface area (Å²) in [4.78, 5) is 2.17. The Kier molecular flexibility index (Phi) is 3.07. The van der Waals surface area contributed by atoms with E-state index in [9.17, 15) is 15.3 Å². The average molecular weight is 201 g/mol.